The molecule has 0 radical (unpaired) electrons. The van der Waals surface area contributed by atoms with E-state index in [0.717, 1.165) is 4.26 Å². The van der Waals surface area contributed by atoms with Gasteiger partial charge in [-0.15, -0.1) is 0 Å². The van der Waals surface area contributed by atoms with Crippen LogP contribution in [-0.2, 0) is 16.1 Å². The summed E-state index contributed by atoms with van der Waals surface area (Å²) in [6.07, 6.45) is 1.67. The molecule has 0 fully saturated rings. The Morgan fingerprint density at radius 2 is 2.03 bits per heavy atom. The monoisotopic (exact) mass is 559 g/mol. The third-order valence-electron chi connectivity index (χ3n) is 5.88. The van der Waals surface area contributed by atoms with Crippen LogP contribution in [0.4, 0.5) is 10.1 Å². The molecular weight excluding hydrogens is 540 g/mol. The van der Waals surface area contributed by atoms with Crippen molar-refractivity contribution in [2.24, 2.45) is 0 Å². The number of esters is 1. The maximum absolute atomic E-state index is 13.5. The maximum atomic E-state index is 13.5. The number of benzene rings is 2. The zero-order chi connectivity index (χ0) is 24.9. The van der Waals surface area contributed by atoms with Gasteiger partial charge in [-0.25, -0.2) is 0 Å². The number of nitrogens with one attached hydrogen (secondary N) is 2. The molecule has 0 saturated carbocycles. The molecule has 2 aromatic heterocycles. The van der Waals surface area contributed by atoms with Gasteiger partial charge in [0.1, 0.15) is 0 Å². The molecule has 0 aliphatic carbocycles. The quantitative estimate of drug-likeness (QED) is 0.219. The van der Waals surface area contributed by atoms with Crippen LogP contribution < -0.4 is 10.9 Å². The number of carbonyl (C=O) groups excluding carboxylic acids is 2. The van der Waals surface area contributed by atoms with E-state index >= 15 is 0 Å². The van der Waals surface area contributed by atoms with Gasteiger partial charge in [0, 0.05) is 0 Å². The number of aryl methyl sites for hydroxylation is 1. The fourth-order valence-corrected chi connectivity index (χ4v) is 6.48. The number of fused-ring (bicyclic) bond motifs is 2. The van der Waals surface area contributed by atoms with Crippen LogP contribution in [0.15, 0.2) is 41.2 Å². The number of aromatic nitrogens is 2. The van der Waals surface area contributed by atoms with Crippen molar-refractivity contribution in [3.63, 3.8) is 0 Å². The van der Waals surface area contributed by atoms with Crippen molar-refractivity contribution in [2.45, 2.75) is 20.4 Å². The van der Waals surface area contributed by atoms with Gasteiger partial charge in [0.05, 0.1) is 0 Å². The van der Waals surface area contributed by atoms with Crippen LogP contribution in [0.3, 0.4) is 0 Å². The second-order valence-corrected chi connectivity index (χ2v) is 10.8. The molecule has 2 aromatic carbocycles. The first-order valence-electron chi connectivity index (χ1n) is 10.7. The van der Waals surface area contributed by atoms with E-state index in [4.69, 9.17) is 16.3 Å². The molecule has 1 aliphatic heterocycles. The fourth-order valence-electron chi connectivity index (χ4n) is 4.20. The number of rotatable bonds is 5. The minimum atomic E-state index is -0.530. The topological polar surface area (TPSA) is 93.2 Å². The number of carbonyl (C=O) groups is 2. The number of ether oxygens (including phenoxy) is 1. The Kier molecular flexibility index (Phi) is 6.00. The zero-order valence-corrected chi connectivity index (χ0v) is 21.2. The summed E-state index contributed by atoms with van der Waals surface area (Å²) >= 11 is 6.03. The molecule has 0 bridgehead atoms. The van der Waals surface area contributed by atoms with Gasteiger partial charge < -0.3 is 0 Å². The Morgan fingerprint density at radius 1 is 1.23 bits per heavy atom. The summed E-state index contributed by atoms with van der Waals surface area (Å²) in [5, 5.41) is 3.61. The van der Waals surface area contributed by atoms with Gasteiger partial charge in [-0.1, -0.05) is 17.7 Å². The fraction of sp³-hybridized carbons (Fsp3) is 0.160. The summed E-state index contributed by atoms with van der Waals surface area (Å²) in [5.74, 6) is -1.26. The Balaban J connectivity index is 1.35. The van der Waals surface area contributed by atoms with E-state index in [2.05, 4.69) is 10.3 Å². The van der Waals surface area contributed by atoms with Crippen LogP contribution in [0, 0.1) is 19.7 Å². The Bertz CT molecular complexity index is 1610. The van der Waals surface area contributed by atoms with Crippen molar-refractivity contribution >= 4 is 65.2 Å². The average Bonchev–Trinajstić information content (AvgIpc) is 3.40. The van der Waals surface area contributed by atoms with E-state index in [9.17, 15) is 18.8 Å². The van der Waals surface area contributed by atoms with Crippen LogP contribution >= 0.6 is 11.6 Å². The molecule has 5 rings (SSSR count). The normalized spacial score (nSPS) is 13.9. The molecule has 10 heteroatoms. The predicted molar refractivity (Wildman–Crippen MR) is 134 cm³/mol. The molecule has 2 N–H and O–H groups in total. The van der Waals surface area contributed by atoms with Crippen molar-refractivity contribution in [2.75, 3.05) is 11.9 Å². The van der Waals surface area contributed by atoms with Gasteiger partial charge in [0.25, 0.3) is 0 Å². The first kappa shape index (κ1) is 23.4. The summed E-state index contributed by atoms with van der Waals surface area (Å²) in [4.78, 5) is 41.0. The number of halogens is 2. The number of aromatic amines is 1. The van der Waals surface area contributed by atoms with Crippen LogP contribution in [0.5, 0.6) is 0 Å². The molecule has 4 aromatic rings. The number of hydrogen-bond donors (Lipinski definition) is 2. The van der Waals surface area contributed by atoms with Crippen molar-refractivity contribution in [3.8, 4) is 0 Å². The number of hydrogen-bond acceptors (Lipinski definition) is 4. The molecule has 3 heterocycles. The number of H-pyrrole nitrogens is 1. The third kappa shape index (κ3) is 4.16. The van der Waals surface area contributed by atoms with E-state index in [-0.39, 0.29) is 39.4 Å². The molecule has 178 valence electrons. The van der Waals surface area contributed by atoms with Gasteiger partial charge in [0.15, 0.2) is 0 Å². The zero-order valence-electron chi connectivity index (χ0n) is 18.7. The minimum absolute atomic E-state index is 0.00860. The van der Waals surface area contributed by atoms with Gasteiger partial charge in [-0.05, 0) is 12.1 Å². The molecule has 1 amide bonds. The SMILES string of the molecule is Cc1[nH]c(/C=C2\C(=O)Nc3cccc(Cl)c32)c(C)c1C(=O)OCCn1[se]c2ccc(F)cc2c1=O. The predicted octanol–water partition coefficient (Wildman–Crippen LogP) is 4.15. The van der Waals surface area contributed by atoms with E-state index in [1.165, 1.54) is 12.1 Å². The number of amides is 1. The number of nitrogens with zero attached hydrogens (tertiary/aromatic N) is 1. The van der Waals surface area contributed by atoms with Crippen LogP contribution in [-0.4, -0.2) is 41.8 Å². The van der Waals surface area contributed by atoms with Crippen LogP contribution in [0.25, 0.3) is 21.3 Å². The summed E-state index contributed by atoms with van der Waals surface area (Å²) in [6.45, 7) is 3.75. The van der Waals surface area contributed by atoms with Crippen molar-refractivity contribution in [1.29, 1.82) is 0 Å². The molecule has 0 unspecified atom stereocenters. The summed E-state index contributed by atoms with van der Waals surface area (Å²) < 4.78 is 21.3. The van der Waals surface area contributed by atoms with Crippen LogP contribution in [0.2, 0.25) is 5.02 Å². The second-order valence-electron chi connectivity index (χ2n) is 8.11. The molecule has 7 nitrogen and oxygen atoms in total. The molecule has 0 saturated heterocycles. The molecular formula is C25H19ClFN3O4Se. The van der Waals surface area contributed by atoms with E-state index in [0.29, 0.717) is 49.7 Å². The van der Waals surface area contributed by atoms with Gasteiger partial charge in [-0.3, -0.25) is 0 Å². The van der Waals surface area contributed by atoms with Gasteiger partial charge in [-0.2, -0.15) is 0 Å². The van der Waals surface area contributed by atoms with Gasteiger partial charge >= 0.3 is 181 Å². The molecule has 0 spiro atoms. The van der Waals surface area contributed by atoms with Crippen molar-refractivity contribution in [1.82, 2.24) is 8.55 Å². The summed E-state index contributed by atoms with van der Waals surface area (Å²) in [5.41, 5.74) is 3.61. The second kappa shape index (κ2) is 9.00. The molecule has 1 aliphatic rings. The van der Waals surface area contributed by atoms with Crippen LogP contribution in [0.1, 0.15) is 32.9 Å². The van der Waals surface area contributed by atoms with E-state index in [1.54, 1.807) is 47.8 Å². The Labute approximate surface area is 210 Å². The first-order valence-corrected chi connectivity index (χ1v) is 12.7. The molecule has 0 atom stereocenters. The summed E-state index contributed by atoms with van der Waals surface area (Å²) in [6, 6.07) is 9.44. The van der Waals surface area contributed by atoms with Gasteiger partial charge in [0.2, 0.25) is 0 Å². The van der Waals surface area contributed by atoms with Crippen molar-refractivity contribution in [3.05, 3.63) is 85.7 Å². The van der Waals surface area contributed by atoms with Crippen molar-refractivity contribution < 1.29 is 18.7 Å². The molecule has 35 heavy (non-hydrogen) atoms. The van der Waals surface area contributed by atoms with E-state index < -0.39 is 11.8 Å². The Morgan fingerprint density at radius 3 is 2.83 bits per heavy atom. The number of anilines is 1. The standard InChI is InChI=1S/C25H19ClFN3O4Se/c1-12-19(11-16-22-17(26)4-3-5-18(22)29-23(16)31)28-13(2)21(12)25(33)34-9-8-30-24(32)15-10-14(27)6-7-20(15)35-30/h3-7,10-11,28H,8-9H2,1-2H3,(H,29,31)/b16-11-. The average molecular weight is 559 g/mol. The summed E-state index contributed by atoms with van der Waals surface area (Å²) in [7, 11) is 0. The third-order valence-corrected chi connectivity index (χ3v) is 8.55. The first-order chi connectivity index (χ1) is 16.7. The Hall–Kier alpha value is -3.39. The van der Waals surface area contributed by atoms with E-state index in [1.807, 2.05) is 0 Å².